The van der Waals surface area contributed by atoms with Crippen LogP contribution < -0.4 is 21.5 Å². The molecule has 4 aromatic rings. The van der Waals surface area contributed by atoms with Gasteiger partial charge >= 0.3 is 0 Å². The van der Waals surface area contributed by atoms with Crippen molar-refractivity contribution in [1.29, 1.82) is 0 Å². The molecule has 132 valence electrons. The maximum absolute atomic E-state index is 12.5. The van der Waals surface area contributed by atoms with Crippen LogP contribution in [0, 0.1) is 0 Å². The molecule has 0 saturated carbocycles. The minimum absolute atomic E-state index is 0.286. The molecule has 1 saturated heterocycles. The van der Waals surface area contributed by atoms with Gasteiger partial charge in [-0.25, -0.2) is 0 Å². The first kappa shape index (κ1) is 15.2. The number of benzene rings is 2. The van der Waals surface area contributed by atoms with E-state index >= 15 is 0 Å². The van der Waals surface area contributed by atoms with Crippen LogP contribution in [0.3, 0.4) is 0 Å². The van der Waals surface area contributed by atoms with E-state index in [9.17, 15) is 4.79 Å². The molecule has 7 nitrogen and oxygen atoms in total. The maximum Gasteiger partial charge on any atom is 0.284 e. The van der Waals surface area contributed by atoms with Crippen LogP contribution in [0.5, 0.6) is 0 Å². The number of piperazine rings is 1. The summed E-state index contributed by atoms with van der Waals surface area (Å²) < 4.78 is 4.00. The lowest BCUT2D eigenvalue weighted by Gasteiger charge is -2.29. The first-order chi connectivity index (χ1) is 12.6. The predicted molar refractivity (Wildman–Crippen MR) is 105 cm³/mol. The Hall–Kier alpha value is -3.06. The summed E-state index contributed by atoms with van der Waals surface area (Å²) in [5.41, 5.74) is 10.3. The molecule has 0 amide bonds. The largest absolute Gasteiger partial charge is 0.398 e. The quantitative estimate of drug-likeness (QED) is 0.507. The van der Waals surface area contributed by atoms with E-state index in [1.165, 1.54) is 5.69 Å². The molecule has 1 fully saturated rings. The summed E-state index contributed by atoms with van der Waals surface area (Å²) in [6.07, 6.45) is 0. The highest BCUT2D eigenvalue weighted by Gasteiger charge is 2.17. The number of anilines is 2. The summed E-state index contributed by atoms with van der Waals surface area (Å²) in [5, 5.41) is 3.85. The molecule has 2 aromatic heterocycles. The van der Waals surface area contributed by atoms with Crippen molar-refractivity contribution in [1.82, 2.24) is 19.3 Å². The number of aromatic nitrogens is 3. The smallest absolute Gasteiger partial charge is 0.284 e. The molecule has 2 aromatic carbocycles. The average Bonchev–Trinajstić information content (AvgIpc) is 2.94. The van der Waals surface area contributed by atoms with Crippen LogP contribution in [0.4, 0.5) is 11.4 Å². The normalized spacial score (nSPS) is 15.3. The van der Waals surface area contributed by atoms with Crippen LogP contribution in [0.25, 0.3) is 27.7 Å². The van der Waals surface area contributed by atoms with Crippen molar-refractivity contribution < 1.29 is 0 Å². The third-order valence-electron chi connectivity index (χ3n) is 5.27. The van der Waals surface area contributed by atoms with Crippen molar-refractivity contribution in [2.45, 2.75) is 0 Å². The van der Waals surface area contributed by atoms with E-state index in [-0.39, 0.29) is 5.56 Å². The SMILES string of the molecule is Cn1c2cc(N3CCNCC3)ccc2n2c3cccc(N)c3c(=O)nc12. The maximum atomic E-state index is 12.5. The fourth-order valence-electron chi connectivity index (χ4n) is 3.94. The topological polar surface area (TPSA) is 80.6 Å². The zero-order valence-electron chi connectivity index (χ0n) is 14.6. The number of hydrogen-bond acceptors (Lipinski definition) is 5. The predicted octanol–water partition coefficient (Wildman–Crippen LogP) is 1.33. The molecule has 0 bridgehead atoms. The molecule has 3 heterocycles. The summed E-state index contributed by atoms with van der Waals surface area (Å²) in [7, 11) is 1.95. The van der Waals surface area contributed by atoms with Gasteiger partial charge in [-0.15, -0.1) is 0 Å². The van der Waals surface area contributed by atoms with E-state index in [0.29, 0.717) is 16.9 Å². The fourth-order valence-corrected chi connectivity index (χ4v) is 3.94. The number of nitrogens with one attached hydrogen (secondary N) is 1. The van der Waals surface area contributed by atoms with Gasteiger partial charge in [-0.1, -0.05) is 6.07 Å². The number of nitrogen functional groups attached to an aromatic ring is 1. The van der Waals surface area contributed by atoms with Crippen LogP contribution in [-0.2, 0) is 7.05 Å². The summed E-state index contributed by atoms with van der Waals surface area (Å²) in [5.74, 6) is 0.626. The van der Waals surface area contributed by atoms with Gasteiger partial charge in [-0.2, -0.15) is 4.98 Å². The minimum Gasteiger partial charge on any atom is -0.398 e. The van der Waals surface area contributed by atoms with Crippen molar-refractivity contribution in [3.8, 4) is 0 Å². The van der Waals surface area contributed by atoms with Gasteiger partial charge in [0, 0.05) is 44.6 Å². The highest BCUT2D eigenvalue weighted by atomic mass is 16.1. The minimum atomic E-state index is -0.286. The third-order valence-corrected chi connectivity index (χ3v) is 5.27. The first-order valence-electron chi connectivity index (χ1n) is 8.80. The van der Waals surface area contributed by atoms with Crippen LogP contribution >= 0.6 is 0 Å². The van der Waals surface area contributed by atoms with Crippen LogP contribution in [-0.4, -0.2) is 40.1 Å². The number of nitrogens with zero attached hydrogens (tertiary/aromatic N) is 4. The first-order valence-corrected chi connectivity index (χ1v) is 8.80. The Bertz CT molecular complexity index is 1220. The Kier molecular flexibility index (Phi) is 3.20. The molecule has 5 rings (SSSR count). The standard InChI is InChI=1S/C19H20N6O/c1-23-16-11-12(24-9-7-21-8-10-24)5-6-14(16)25-15-4-2-3-13(20)17(15)18(26)22-19(23)25/h2-6,11,21H,7-10,20H2,1H3. The fraction of sp³-hybridized carbons (Fsp3) is 0.263. The Balaban J connectivity index is 1.85. The second-order valence-electron chi connectivity index (χ2n) is 6.76. The Morgan fingerprint density at radius 2 is 1.88 bits per heavy atom. The van der Waals surface area contributed by atoms with Gasteiger partial charge in [0.05, 0.1) is 21.9 Å². The molecule has 0 aliphatic carbocycles. The lowest BCUT2D eigenvalue weighted by molar-refractivity contribution is 0.589. The van der Waals surface area contributed by atoms with Gasteiger partial charge in [0.25, 0.3) is 5.56 Å². The number of nitrogens with two attached hydrogens (primary N) is 1. The van der Waals surface area contributed by atoms with Gasteiger partial charge in [-0.05, 0) is 30.3 Å². The lowest BCUT2D eigenvalue weighted by Crippen LogP contribution is -2.43. The molecule has 7 heteroatoms. The van der Waals surface area contributed by atoms with Crippen LogP contribution in [0.15, 0.2) is 41.2 Å². The van der Waals surface area contributed by atoms with Crippen molar-refractivity contribution in [3.05, 3.63) is 46.8 Å². The Labute approximate surface area is 149 Å². The zero-order valence-corrected chi connectivity index (χ0v) is 14.6. The highest BCUT2D eigenvalue weighted by Crippen LogP contribution is 2.28. The molecule has 3 N–H and O–H groups in total. The van der Waals surface area contributed by atoms with E-state index in [2.05, 4.69) is 33.4 Å². The number of imidazole rings is 1. The monoisotopic (exact) mass is 348 g/mol. The molecule has 26 heavy (non-hydrogen) atoms. The molecule has 0 radical (unpaired) electrons. The van der Waals surface area contributed by atoms with E-state index in [4.69, 9.17) is 5.73 Å². The number of hydrogen-bond donors (Lipinski definition) is 2. The molecular formula is C19H20N6O. The summed E-state index contributed by atoms with van der Waals surface area (Å²) in [6, 6.07) is 12.0. The van der Waals surface area contributed by atoms with E-state index in [0.717, 1.165) is 42.7 Å². The zero-order chi connectivity index (χ0) is 17.8. The van der Waals surface area contributed by atoms with Crippen molar-refractivity contribution in [2.75, 3.05) is 36.8 Å². The molecule has 0 unspecified atom stereocenters. The van der Waals surface area contributed by atoms with Crippen molar-refractivity contribution in [2.24, 2.45) is 7.05 Å². The molecular weight excluding hydrogens is 328 g/mol. The molecule has 0 atom stereocenters. The average molecular weight is 348 g/mol. The second-order valence-corrected chi connectivity index (χ2v) is 6.76. The molecule has 1 aliphatic rings. The van der Waals surface area contributed by atoms with Gasteiger partial charge in [0.1, 0.15) is 0 Å². The van der Waals surface area contributed by atoms with Gasteiger partial charge in [0.2, 0.25) is 5.78 Å². The third kappa shape index (κ3) is 2.04. The Morgan fingerprint density at radius 3 is 2.69 bits per heavy atom. The lowest BCUT2D eigenvalue weighted by atomic mass is 10.2. The van der Waals surface area contributed by atoms with E-state index < -0.39 is 0 Å². The number of fused-ring (bicyclic) bond motifs is 5. The number of aryl methyl sites for hydroxylation is 1. The van der Waals surface area contributed by atoms with Crippen LogP contribution in [0.1, 0.15) is 0 Å². The summed E-state index contributed by atoms with van der Waals surface area (Å²) in [4.78, 5) is 19.2. The highest BCUT2D eigenvalue weighted by molar-refractivity contribution is 5.95. The van der Waals surface area contributed by atoms with Crippen molar-refractivity contribution in [3.63, 3.8) is 0 Å². The van der Waals surface area contributed by atoms with Crippen LogP contribution in [0.2, 0.25) is 0 Å². The molecule has 0 spiro atoms. The van der Waals surface area contributed by atoms with Gasteiger partial charge in [-0.3, -0.25) is 9.20 Å². The summed E-state index contributed by atoms with van der Waals surface area (Å²) >= 11 is 0. The van der Waals surface area contributed by atoms with Gasteiger partial charge < -0.3 is 20.5 Å². The summed E-state index contributed by atoms with van der Waals surface area (Å²) in [6.45, 7) is 3.97. The second kappa shape index (κ2) is 5.47. The van der Waals surface area contributed by atoms with E-state index in [1.54, 1.807) is 6.07 Å². The Morgan fingerprint density at radius 1 is 1.08 bits per heavy atom. The van der Waals surface area contributed by atoms with Gasteiger partial charge in [0.15, 0.2) is 0 Å². The van der Waals surface area contributed by atoms with E-state index in [1.807, 2.05) is 28.1 Å². The molecule has 1 aliphatic heterocycles. The number of rotatable bonds is 1. The van der Waals surface area contributed by atoms with Crippen molar-refractivity contribution >= 4 is 39.1 Å².